The van der Waals surface area contributed by atoms with Crippen LogP contribution in [0.2, 0.25) is 0 Å². The number of nitrogens with zero attached hydrogens (tertiary/aromatic N) is 1. The SMILES string of the molecule is CCC1CCCCN1C(=O)c1sc2ccc(Br)cc2c1N. The third-order valence-corrected chi connectivity index (χ3v) is 5.91. The lowest BCUT2D eigenvalue weighted by Crippen LogP contribution is -2.43. The molecule has 1 saturated heterocycles. The summed E-state index contributed by atoms with van der Waals surface area (Å²) in [5.74, 6) is 0.108. The minimum atomic E-state index is 0.108. The molecule has 1 unspecified atom stereocenters. The molecule has 1 aliphatic heterocycles. The summed E-state index contributed by atoms with van der Waals surface area (Å²) in [6.45, 7) is 3.01. The molecule has 1 fully saturated rings. The average Bonchev–Trinajstić information content (AvgIpc) is 2.83. The average molecular weight is 367 g/mol. The van der Waals surface area contributed by atoms with Crippen LogP contribution in [0, 0.1) is 0 Å². The number of anilines is 1. The predicted molar refractivity (Wildman–Crippen MR) is 92.9 cm³/mol. The first-order chi connectivity index (χ1) is 10.1. The van der Waals surface area contributed by atoms with Crippen molar-refractivity contribution in [3.05, 3.63) is 27.5 Å². The van der Waals surface area contributed by atoms with E-state index in [1.807, 2.05) is 23.1 Å². The summed E-state index contributed by atoms with van der Waals surface area (Å²) in [4.78, 5) is 15.6. The molecule has 0 radical (unpaired) electrons. The van der Waals surface area contributed by atoms with Crippen LogP contribution in [-0.2, 0) is 0 Å². The normalized spacial score (nSPS) is 19.1. The Morgan fingerprint density at radius 3 is 3.05 bits per heavy atom. The molecule has 2 N–H and O–H groups in total. The lowest BCUT2D eigenvalue weighted by atomic mass is 9.99. The molecular formula is C16H19BrN2OS. The van der Waals surface area contributed by atoms with Crippen LogP contribution >= 0.6 is 27.3 Å². The minimum Gasteiger partial charge on any atom is -0.397 e. The molecule has 2 heterocycles. The van der Waals surface area contributed by atoms with E-state index < -0.39 is 0 Å². The number of amides is 1. The fourth-order valence-electron chi connectivity index (χ4n) is 3.07. The molecule has 5 heteroatoms. The fraction of sp³-hybridized carbons (Fsp3) is 0.438. The molecule has 0 saturated carbocycles. The van der Waals surface area contributed by atoms with Crippen LogP contribution in [0.4, 0.5) is 5.69 Å². The van der Waals surface area contributed by atoms with Crippen LogP contribution in [0.15, 0.2) is 22.7 Å². The molecular weight excluding hydrogens is 348 g/mol. The van der Waals surface area contributed by atoms with Gasteiger partial charge >= 0.3 is 0 Å². The van der Waals surface area contributed by atoms with Crippen molar-refractivity contribution < 1.29 is 4.79 Å². The highest BCUT2D eigenvalue weighted by atomic mass is 79.9. The maximum Gasteiger partial charge on any atom is 0.266 e. The fourth-order valence-corrected chi connectivity index (χ4v) is 4.49. The number of fused-ring (bicyclic) bond motifs is 1. The Kier molecular flexibility index (Phi) is 4.22. The molecule has 1 atom stereocenters. The Hall–Kier alpha value is -1.07. The molecule has 2 aromatic rings. The van der Waals surface area contributed by atoms with Crippen LogP contribution in [0.1, 0.15) is 42.3 Å². The van der Waals surface area contributed by atoms with Crippen molar-refractivity contribution in [2.45, 2.75) is 38.6 Å². The summed E-state index contributed by atoms with van der Waals surface area (Å²) >= 11 is 4.97. The first-order valence-corrected chi connectivity index (χ1v) is 9.01. The molecule has 21 heavy (non-hydrogen) atoms. The van der Waals surface area contributed by atoms with Gasteiger partial charge in [-0.05, 0) is 43.9 Å². The molecule has 0 bridgehead atoms. The van der Waals surface area contributed by atoms with Crippen molar-refractivity contribution in [1.29, 1.82) is 0 Å². The Bertz CT molecular complexity index is 682. The number of halogens is 1. The molecule has 3 rings (SSSR count). The molecule has 0 spiro atoms. The van der Waals surface area contributed by atoms with Gasteiger partial charge in [-0.25, -0.2) is 0 Å². The van der Waals surface area contributed by atoms with Gasteiger partial charge in [-0.15, -0.1) is 11.3 Å². The van der Waals surface area contributed by atoms with Crippen molar-refractivity contribution >= 4 is 48.9 Å². The maximum absolute atomic E-state index is 12.9. The van der Waals surface area contributed by atoms with Crippen LogP contribution in [-0.4, -0.2) is 23.4 Å². The molecule has 1 aliphatic rings. The monoisotopic (exact) mass is 366 g/mol. The van der Waals surface area contributed by atoms with Crippen molar-refractivity contribution in [3.63, 3.8) is 0 Å². The van der Waals surface area contributed by atoms with Crippen molar-refractivity contribution in [2.24, 2.45) is 0 Å². The summed E-state index contributed by atoms with van der Waals surface area (Å²) in [7, 11) is 0. The maximum atomic E-state index is 12.9. The summed E-state index contributed by atoms with van der Waals surface area (Å²) < 4.78 is 2.06. The Labute approximate surface area is 137 Å². The zero-order valence-corrected chi connectivity index (χ0v) is 14.5. The number of carbonyl (C=O) groups is 1. The predicted octanol–water partition coefficient (Wildman–Crippen LogP) is 4.65. The van der Waals surface area contributed by atoms with E-state index in [0.29, 0.717) is 16.6 Å². The number of thiophene rings is 1. The standard InChI is InChI=1S/C16H19BrN2OS/c1-2-11-5-3-4-8-19(11)16(20)15-14(18)12-9-10(17)6-7-13(12)21-15/h6-7,9,11H,2-5,8,18H2,1H3. The van der Waals surface area contributed by atoms with Gasteiger partial charge in [-0.1, -0.05) is 22.9 Å². The first kappa shape index (κ1) is 14.9. The van der Waals surface area contributed by atoms with Crippen LogP contribution in [0.3, 0.4) is 0 Å². The topological polar surface area (TPSA) is 46.3 Å². The Morgan fingerprint density at radius 2 is 2.29 bits per heavy atom. The number of hydrogen-bond donors (Lipinski definition) is 1. The molecule has 1 amide bonds. The minimum absolute atomic E-state index is 0.108. The van der Waals surface area contributed by atoms with E-state index in [2.05, 4.69) is 22.9 Å². The second-order valence-corrected chi connectivity index (χ2v) is 7.51. The zero-order chi connectivity index (χ0) is 15.0. The summed E-state index contributed by atoms with van der Waals surface area (Å²) in [6, 6.07) is 6.36. The number of rotatable bonds is 2. The number of piperidine rings is 1. The molecule has 112 valence electrons. The van der Waals surface area contributed by atoms with E-state index in [-0.39, 0.29) is 5.91 Å². The molecule has 1 aromatic heterocycles. The van der Waals surface area contributed by atoms with Gasteiger partial charge in [0.15, 0.2) is 0 Å². The van der Waals surface area contributed by atoms with E-state index in [0.717, 1.165) is 40.4 Å². The summed E-state index contributed by atoms with van der Waals surface area (Å²) in [5.41, 5.74) is 6.87. The van der Waals surface area contributed by atoms with E-state index in [1.54, 1.807) is 0 Å². The number of likely N-dealkylation sites (tertiary alicyclic amines) is 1. The van der Waals surface area contributed by atoms with E-state index in [4.69, 9.17) is 5.73 Å². The number of nitrogens with two attached hydrogens (primary N) is 1. The third-order valence-electron chi connectivity index (χ3n) is 4.24. The van der Waals surface area contributed by atoms with Gasteiger partial charge in [0.05, 0.1) is 5.69 Å². The Morgan fingerprint density at radius 1 is 1.48 bits per heavy atom. The number of benzene rings is 1. The summed E-state index contributed by atoms with van der Waals surface area (Å²) in [5, 5.41) is 0.975. The second-order valence-electron chi connectivity index (χ2n) is 5.54. The largest absolute Gasteiger partial charge is 0.397 e. The van der Waals surface area contributed by atoms with Crippen molar-refractivity contribution in [3.8, 4) is 0 Å². The highest BCUT2D eigenvalue weighted by molar-refractivity contribution is 9.10. The lowest BCUT2D eigenvalue weighted by Gasteiger charge is -2.35. The Balaban J connectivity index is 1.99. The molecule has 0 aliphatic carbocycles. The highest BCUT2D eigenvalue weighted by Gasteiger charge is 2.29. The van der Waals surface area contributed by atoms with Gasteiger partial charge < -0.3 is 10.6 Å². The molecule has 1 aromatic carbocycles. The van der Waals surface area contributed by atoms with Gasteiger partial charge in [-0.2, -0.15) is 0 Å². The van der Waals surface area contributed by atoms with E-state index in [9.17, 15) is 4.79 Å². The van der Waals surface area contributed by atoms with Crippen LogP contribution < -0.4 is 5.73 Å². The van der Waals surface area contributed by atoms with Crippen LogP contribution in [0.5, 0.6) is 0 Å². The number of hydrogen-bond acceptors (Lipinski definition) is 3. The van der Waals surface area contributed by atoms with E-state index in [1.165, 1.54) is 17.8 Å². The zero-order valence-electron chi connectivity index (χ0n) is 12.1. The number of carbonyl (C=O) groups excluding carboxylic acids is 1. The highest BCUT2D eigenvalue weighted by Crippen LogP contribution is 2.37. The van der Waals surface area contributed by atoms with Gasteiger partial charge in [0, 0.05) is 27.1 Å². The number of nitrogen functional groups attached to an aromatic ring is 1. The van der Waals surface area contributed by atoms with Gasteiger partial charge in [0.2, 0.25) is 0 Å². The van der Waals surface area contributed by atoms with Crippen LogP contribution in [0.25, 0.3) is 10.1 Å². The quantitative estimate of drug-likeness (QED) is 0.840. The lowest BCUT2D eigenvalue weighted by molar-refractivity contribution is 0.0614. The van der Waals surface area contributed by atoms with E-state index >= 15 is 0 Å². The second kappa shape index (κ2) is 5.97. The molecule has 3 nitrogen and oxygen atoms in total. The van der Waals surface area contributed by atoms with Crippen molar-refractivity contribution in [1.82, 2.24) is 4.90 Å². The third kappa shape index (κ3) is 2.69. The first-order valence-electron chi connectivity index (χ1n) is 7.40. The van der Waals surface area contributed by atoms with Gasteiger partial charge in [0.1, 0.15) is 4.88 Å². The van der Waals surface area contributed by atoms with Crippen molar-refractivity contribution in [2.75, 3.05) is 12.3 Å². The van der Waals surface area contributed by atoms with Gasteiger partial charge in [-0.3, -0.25) is 4.79 Å². The smallest absolute Gasteiger partial charge is 0.266 e. The summed E-state index contributed by atoms with van der Waals surface area (Å²) in [6.07, 6.45) is 4.44. The van der Waals surface area contributed by atoms with Gasteiger partial charge in [0.25, 0.3) is 5.91 Å².